The maximum Gasteiger partial charge on any atom is 0.123 e. The van der Waals surface area contributed by atoms with Gasteiger partial charge in [0, 0.05) is 6.04 Å². The van der Waals surface area contributed by atoms with Crippen molar-refractivity contribution in [3.63, 3.8) is 0 Å². The maximum absolute atomic E-state index is 12.9. The first kappa shape index (κ1) is 18.2. The zero-order valence-electron chi connectivity index (χ0n) is 14.4. The molecule has 1 atom stereocenters. The smallest absolute Gasteiger partial charge is 0.123 e. The highest BCUT2D eigenvalue weighted by Gasteiger charge is 2.16. The Bertz CT molecular complexity index is 706. The molecule has 2 aromatic rings. The second kappa shape index (κ2) is 8.65. The molecule has 0 bridgehead atoms. The average molecular weight is 363 g/mol. The topological polar surface area (TPSA) is 33.3 Å². The van der Waals surface area contributed by atoms with Crippen LogP contribution in [0.15, 0.2) is 36.4 Å². The van der Waals surface area contributed by atoms with Gasteiger partial charge in [0.05, 0.1) is 23.9 Å². The Balaban J connectivity index is 1.59. The molecule has 2 N–H and O–H groups in total. The van der Waals surface area contributed by atoms with Gasteiger partial charge in [-0.2, -0.15) is 0 Å². The van der Waals surface area contributed by atoms with Crippen LogP contribution >= 0.6 is 11.6 Å². The Kier molecular flexibility index (Phi) is 6.29. The van der Waals surface area contributed by atoms with Gasteiger partial charge in [-0.25, -0.2) is 4.39 Å². The van der Waals surface area contributed by atoms with Crippen molar-refractivity contribution < 1.29 is 9.13 Å². The third-order valence-electron chi connectivity index (χ3n) is 4.42. The maximum atomic E-state index is 12.9. The highest BCUT2D eigenvalue weighted by molar-refractivity contribution is 6.33. The van der Waals surface area contributed by atoms with E-state index < -0.39 is 0 Å². The summed E-state index contributed by atoms with van der Waals surface area (Å²) >= 11 is 6.44. The van der Waals surface area contributed by atoms with Crippen LogP contribution in [-0.4, -0.2) is 25.7 Å². The summed E-state index contributed by atoms with van der Waals surface area (Å²) in [5, 5.41) is 7.70. The summed E-state index contributed by atoms with van der Waals surface area (Å²) in [6.45, 7) is 5.07. The third kappa shape index (κ3) is 4.94. The number of benzene rings is 2. The van der Waals surface area contributed by atoms with E-state index in [1.54, 1.807) is 12.1 Å². The van der Waals surface area contributed by atoms with Gasteiger partial charge >= 0.3 is 0 Å². The molecule has 134 valence electrons. The van der Waals surface area contributed by atoms with Crippen LogP contribution < -0.4 is 10.6 Å². The lowest BCUT2D eigenvalue weighted by molar-refractivity contribution is 0.115. The Morgan fingerprint density at radius 1 is 1.16 bits per heavy atom. The lowest BCUT2D eigenvalue weighted by atomic mass is 10.0. The minimum Gasteiger partial charge on any atom is -0.379 e. The Labute approximate surface area is 153 Å². The van der Waals surface area contributed by atoms with Crippen LogP contribution in [0.2, 0.25) is 5.02 Å². The summed E-state index contributed by atoms with van der Waals surface area (Å²) < 4.78 is 18.7. The lowest BCUT2D eigenvalue weighted by Crippen LogP contribution is -2.23. The number of fused-ring (bicyclic) bond motifs is 1. The second-order valence-corrected chi connectivity index (χ2v) is 6.90. The fourth-order valence-electron chi connectivity index (χ4n) is 3.12. The highest BCUT2D eigenvalue weighted by atomic mass is 35.5. The van der Waals surface area contributed by atoms with Crippen molar-refractivity contribution in [2.75, 3.05) is 25.0 Å². The van der Waals surface area contributed by atoms with Crippen molar-refractivity contribution >= 4 is 17.3 Å². The van der Waals surface area contributed by atoms with E-state index in [4.69, 9.17) is 16.3 Å². The van der Waals surface area contributed by atoms with Gasteiger partial charge in [-0.1, -0.05) is 29.8 Å². The van der Waals surface area contributed by atoms with Crippen molar-refractivity contribution in [2.24, 2.45) is 0 Å². The summed E-state index contributed by atoms with van der Waals surface area (Å²) in [5.41, 5.74) is 4.66. The fraction of sp³-hybridized carbons (Fsp3) is 0.400. The quantitative estimate of drug-likeness (QED) is 0.808. The van der Waals surface area contributed by atoms with E-state index in [-0.39, 0.29) is 11.9 Å². The average Bonchev–Trinajstić information content (AvgIpc) is 2.85. The summed E-state index contributed by atoms with van der Waals surface area (Å²) in [6, 6.07) is 10.6. The molecular formula is C20H24ClFN2O. The molecule has 25 heavy (non-hydrogen) atoms. The standard InChI is InChI=1S/C20H24ClFN2O/c1-14(12-25-13-15-2-5-17(22)6-3-15)24-20-18-9-11-23-10-8-16(18)4-7-19(20)21/h2-7,14,23-24H,8-13H2,1H3/t14-/m1/s1. The van der Waals surface area contributed by atoms with Gasteiger partial charge in [0.2, 0.25) is 0 Å². The molecule has 0 fully saturated rings. The van der Waals surface area contributed by atoms with Crippen LogP contribution in [0.5, 0.6) is 0 Å². The summed E-state index contributed by atoms with van der Waals surface area (Å²) in [5.74, 6) is -0.229. The number of ether oxygens (including phenoxy) is 1. The van der Waals surface area contributed by atoms with Gasteiger partial charge < -0.3 is 15.4 Å². The van der Waals surface area contributed by atoms with Crippen molar-refractivity contribution in [1.29, 1.82) is 0 Å². The molecule has 0 unspecified atom stereocenters. The molecule has 0 amide bonds. The van der Waals surface area contributed by atoms with Gasteiger partial charge in [0.25, 0.3) is 0 Å². The number of halogens is 2. The molecule has 2 aromatic carbocycles. The molecule has 0 radical (unpaired) electrons. The van der Waals surface area contributed by atoms with Crippen molar-refractivity contribution in [1.82, 2.24) is 5.32 Å². The number of rotatable bonds is 6. The Morgan fingerprint density at radius 3 is 2.72 bits per heavy atom. The van der Waals surface area contributed by atoms with E-state index in [0.717, 1.165) is 42.2 Å². The SMILES string of the molecule is C[C@H](COCc1ccc(F)cc1)Nc1c(Cl)ccc2c1CCNCC2. The number of anilines is 1. The molecule has 0 saturated carbocycles. The monoisotopic (exact) mass is 362 g/mol. The molecule has 5 heteroatoms. The summed E-state index contributed by atoms with van der Waals surface area (Å²) in [7, 11) is 0. The van der Waals surface area contributed by atoms with Crippen LogP contribution in [0, 0.1) is 5.82 Å². The minimum absolute atomic E-state index is 0.126. The first-order chi connectivity index (χ1) is 12.1. The van der Waals surface area contributed by atoms with Crippen LogP contribution in [0.3, 0.4) is 0 Å². The Hall–Kier alpha value is -1.62. The summed E-state index contributed by atoms with van der Waals surface area (Å²) in [6.07, 6.45) is 2.00. The molecule has 1 aliphatic heterocycles. The van der Waals surface area contributed by atoms with Crippen molar-refractivity contribution in [3.8, 4) is 0 Å². The van der Waals surface area contributed by atoms with Crippen LogP contribution in [-0.2, 0) is 24.2 Å². The molecule has 3 rings (SSSR count). The van der Waals surface area contributed by atoms with Crippen molar-refractivity contribution in [2.45, 2.75) is 32.4 Å². The van der Waals surface area contributed by atoms with Crippen LogP contribution in [0.25, 0.3) is 0 Å². The van der Waals surface area contributed by atoms with Crippen LogP contribution in [0.4, 0.5) is 10.1 Å². The predicted octanol–water partition coefficient (Wildman–Crippen LogP) is 4.18. The first-order valence-electron chi connectivity index (χ1n) is 8.73. The molecule has 0 spiro atoms. The van der Waals surface area contributed by atoms with Gasteiger partial charge in [-0.3, -0.25) is 0 Å². The number of hydrogen-bond acceptors (Lipinski definition) is 3. The predicted molar refractivity (Wildman–Crippen MR) is 101 cm³/mol. The lowest BCUT2D eigenvalue weighted by Gasteiger charge is -2.21. The first-order valence-corrected chi connectivity index (χ1v) is 9.11. The minimum atomic E-state index is -0.229. The van der Waals surface area contributed by atoms with Gasteiger partial charge in [-0.15, -0.1) is 0 Å². The molecule has 0 aromatic heterocycles. The van der Waals surface area contributed by atoms with Gasteiger partial charge in [0.1, 0.15) is 5.82 Å². The van der Waals surface area contributed by atoms with E-state index >= 15 is 0 Å². The fourth-order valence-corrected chi connectivity index (χ4v) is 3.35. The zero-order valence-corrected chi connectivity index (χ0v) is 15.2. The van der Waals surface area contributed by atoms with E-state index in [0.29, 0.717) is 13.2 Å². The highest BCUT2D eigenvalue weighted by Crippen LogP contribution is 2.31. The summed E-state index contributed by atoms with van der Waals surface area (Å²) in [4.78, 5) is 0. The molecule has 3 nitrogen and oxygen atoms in total. The van der Waals surface area contributed by atoms with Gasteiger partial charge in [0.15, 0.2) is 0 Å². The molecule has 0 aliphatic carbocycles. The van der Waals surface area contributed by atoms with E-state index in [9.17, 15) is 4.39 Å². The molecular weight excluding hydrogens is 339 g/mol. The second-order valence-electron chi connectivity index (χ2n) is 6.50. The van der Waals surface area contributed by atoms with Crippen LogP contribution in [0.1, 0.15) is 23.6 Å². The number of hydrogen-bond donors (Lipinski definition) is 2. The van der Waals surface area contributed by atoms with Gasteiger partial charge in [-0.05, 0) is 67.7 Å². The van der Waals surface area contributed by atoms with E-state index in [2.05, 4.69) is 23.6 Å². The Morgan fingerprint density at radius 2 is 1.92 bits per heavy atom. The zero-order chi connectivity index (χ0) is 17.6. The molecule has 0 saturated heterocycles. The molecule has 1 aliphatic rings. The molecule has 1 heterocycles. The van der Waals surface area contributed by atoms with E-state index in [1.807, 2.05) is 6.07 Å². The number of nitrogens with one attached hydrogen (secondary N) is 2. The normalized spacial score (nSPS) is 15.3. The largest absolute Gasteiger partial charge is 0.379 e. The third-order valence-corrected chi connectivity index (χ3v) is 4.74. The van der Waals surface area contributed by atoms with Crippen molar-refractivity contribution in [3.05, 3.63) is 63.9 Å². The van der Waals surface area contributed by atoms with E-state index in [1.165, 1.54) is 23.3 Å².